The normalized spacial score (nSPS) is 31.9. The fraction of sp³-hybridized carbons (Fsp3) is 0.857. The van der Waals surface area contributed by atoms with Crippen LogP contribution in [0.25, 0.3) is 0 Å². The van der Waals surface area contributed by atoms with Gasteiger partial charge in [0.05, 0.1) is 5.41 Å². The van der Waals surface area contributed by atoms with E-state index in [4.69, 9.17) is 0 Å². The molecule has 1 aliphatic carbocycles. The van der Waals surface area contributed by atoms with Crippen molar-refractivity contribution >= 4 is 5.78 Å². The fourth-order valence-corrected chi connectivity index (χ4v) is 1.90. The molecule has 1 saturated heterocycles. The molecular weight excluding hydrogens is 114 g/mol. The van der Waals surface area contributed by atoms with Gasteiger partial charge in [0, 0.05) is 19.5 Å². The molecule has 9 heavy (non-hydrogen) atoms. The molecule has 1 heterocycles. The molecule has 0 atom stereocenters. The third kappa shape index (κ3) is 0.517. The topological polar surface area (TPSA) is 20.3 Å². The van der Waals surface area contributed by atoms with Gasteiger partial charge in [-0.25, -0.2) is 0 Å². The van der Waals surface area contributed by atoms with E-state index >= 15 is 0 Å². The Morgan fingerprint density at radius 3 is 2.33 bits per heavy atom. The summed E-state index contributed by atoms with van der Waals surface area (Å²) >= 11 is 0. The summed E-state index contributed by atoms with van der Waals surface area (Å²) in [5.74, 6) is 0.501. The molecule has 0 aromatic carbocycles. The molecule has 2 heteroatoms. The first kappa shape index (κ1) is 5.42. The highest BCUT2D eigenvalue weighted by Gasteiger charge is 2.52. The fourth-order valence-electron chi connectivity index (χ4n) is 1.90. The summed E-state index contributed by atoms with van der Waals surface area (Å²) in [5.41, 5.74) is 0.161. The van der Waals surface area contributed by atoms with Gasteiger partial charge in [-0.3, -0.25) is 4.79 Å². The highest BCUT2D eigenvalue weighted by atomic mass is 16.1. The second-order valence-electron chi connectivity index (χ2n) is 3.38. The van der Waals surface area contributed by atoms with Crippen LogP contribution in [0.3, 0.4) is 0 Å². The van der Waals surface area contributed by atoms with Crippen LogP contribution < -0.4 is 0 Å². The first-order valence-corrected chi connectivity index (χ1v) is 3.45. The van der Waals surface area contributed by atoms with Crippen molar-refractivity contribution in [3.8, 4) is 0 Å². The molecule has 0 aromatic rings. The SMILES string of the molecule is CN1CC2(CCC2=O)C1. The Morgan fingerprint density at radius 2 is 2.22 bits per heavy atom. The van der Waals surface area contributed by atoms with Gasteiger partial charge in [0.2, 0.25) is 0 Å². The van der Waals surface area contributed by atoms with Crippen molar-refractivity contribution in [1.29, 1.82) is 0 Å². The Kier molecular flexibility index (Phi) is 0.826. The predicted octanol–water partition coefficient (Wildman–Crippen LogP) is 0.281. The third-order valence-electron chi connectivity index (χ3n) is 2.57. The van der Waals surface area contributed by atoms with Gasteiger partial charge < -0.3 is 4.90 Å². The van der Waals surface area contributed by atoms with E-state index in [0.717, 1.165) is 25.9 Å². The molecule has 0 radical (unpaired) electrons. The van der Waals surface area contributed by atoms with Gasteiger partial charge in [-0.2, -0.15) is 0 Å². The van der Waals surface area contributed by atoms with Crippen LogP contribution in [0.5, 0.6) is 0 Å². The summed E-state index contributed by atoms with van der Waals surface area (Å²) in [7, 11) is 2.07. The van der Waals surface area contributed by atoms with E-state index in [1.165, 1.54) is 0 Å². The first-order chi connectivity index (χ1) is 4.23. The maximum Gasteiger partial charge on any atom is 0.141 e. The van der Waals surface area contributed by atoms with Gasteiger partial charge in [0.1, 0.15) is 5.78 Å². The zero-order valence-corrected chi connectivity index (χ0v) is 5.68. The molecule has 2 fully saturated rings. The molecule has 2 nitrogen and oxygen atoms in total. The molecule has 2 rings (SSSR count). The second-order valence-corrected chi connectivity index (χ2v) is 3.38. The van der Waals surface area contributed by atoms with Crippen LogP contribution >= 0.6 is 0 Å². The average molecular weight is 125 g/mol. The molecule has 1 aliphatic heterocycles. The van der Waals surface area contributed by atoms with E-state index in [9.17, 15) is 4.79 Å². The number of likely N-dealkylation sites (tertiary alicyclic amines) is 1. The van der Waals surface area contributed by atoms with Gasteiger partial charge in [-0.1, -0.05) is 0 Å². The predicted molar refractivity (Wildman–Crippen MR) is 34.2 cm³/mol. The van der Waals surface area contributed by atoms with Crippen molar-refractivity contribution in [1.82, 2.24) is 4.90 Å². The average Bonchev–Trinajstić information content (AvgIpc) is 1.77. The van der Waals surface area contributed by atoms with Crippen molar-refractivity contribution in [2.45, 2.75) is 12.8 Å². The first-order valence-electron chi connectivity index (χ1n) is 3.45. The van der Waals surface area contributed by atoms with Crippen LogP contribution in [-0.4, -0.2) is 30.8 Å². The van der Waals surface area contributed by atoms with Gasteiger partial charge in [0.15, 0.2) is 0 Å². The number of rotatable bonds is 0. The van der Waals surface area contributed by atoms with E-state index < -0.39 is 0 Å². The minimum Gasteiger partial charge on any atom is -0.304 e. The number of carbonyl (C=O) groups excluding carboxylic acids is 1. The Balaban J connectivity index is 2.05. The van der Waals surface area contributed by atoms with Gasteiger partial charge in [-0.15, -0.1) is 0 Å². The van der Waals surface area contributed by atoms with Crippen LogP contribution in [-0.2, 0) is 4.79 Å². The lowest BCUT2D eigenvalue weighted by atomic mass is 9.63. The van der Waals surface area contributed by atoms with Crippen LogP contribution in [0.1, 0.15) is 12.8 Å². The van der Waals surface area contributed by atoms with Crippen molar-refractivity contribution in [2.24, 2.45) is 5.41 Å². The maximum atomic E-state index is 11.0. The molecule has 0 N–H and O–H groups in total. The van der Waals surface area contributed by atoms with Crippen molar-refractivity contribution in [3.05, 3.63) is 0 Å². The van der Waals surface area contributed by atoms with Gasteiger partial charge in [-0.05, 0) is 13.5 Å². The zero-order chi connectivity index (χ0) is 6.48. The van der Waals surface area contributed by atoms with Crippen molar-refractivity contribution in [3.63, 3.8) is 0 Å². The van der Waals surface area contributed by atoms with E-state index in [1.807, 2.05) is 0 Å². The van der Waals surface area contributed by atoms with Gasteiger partial charge in [0.25, 0.3) is 0 Å². The number of hydrogen-bond acceptors (Lipinski definition) is 2. The van der Waals surface area contributed by atoms with Crippen LogP contribution in [0.2, 0.25) is 0 Å². The quantitative estimate of drug-likeness (QED) is 0.463. The molecule has 0 unspecified atom stereocenters. The molecular formula is C7H11NO. The summed E-state index contributed by atoms with van der Waals surface area (Å²) in [6.07, 6.45) is 1.99. The van der Waals surface area contributed by atoms with Crippen molar-refractivity contribution < 1.29 is 4.79 Å². The lowest BCUT2D eigenvalue weighted by Crippen LogP contribution is -2.63. The molecule has 0 amide bonds. The molecule has 1 spiro atoms. The Bertz CT molecular complexity index is 158. The minimum atomic E-state index is 0.161. The lowest BCUT2D eigenvalue weighted by molar-refractivity contribution is -0.151. The highest BCUT2D eigenvalue weighted by molar-refractivity contribution is 5.91. The van der Waals surface area contributed by atoms with E-state index in [2.05, 4.69) is 11.9 Å². The van der Waals surface area contributed by atoms with Crippen molar-refractivity contribution in [2.75, 3.05) is 20.1 Å². The van der Waals surface area contributed by atoms with E-state index in [0.29, 0.717) is 5.78 Å². The summed E-state index contributed by atoms with van der Waals surface area (Å²) in [4.78, 5) is 13.2. The minimum absolute atomic E-state index is 0.161. The van der Waals surface area contributed by atoms with Gasteiger partial charge >= 0.3 is 0 Å². The molecule has 50 valence electrons. The van der Waals surface area contributed by atoms with E-state index in [1.54, 1.807) is 0 Å². The Labute approximate surface area is 54.8 Å². The second kappa shape index (κ2) is 1.37. The molecule has 0 aromatic heterocycles. The smallest absolute Gasteiger partial charge is 0.141 e. The molecule has 2 aliphatic rings. The number of hydrogen-bond donors (Lipinski definition) is 0. The highest BCUT2D eigenvalue weighted by Crippen LogP contribution is 2.44. The number of ketones is 1. The summed E-state index contributed by atoms with van der Waals surface area (Å²) in [5, 5.41) is 0. The summed E-state index contributed by atoms with van der Waals surface area (Å²) in [6, 6.07) is 0. The molecule has 0 bridgehead atoms. The third-order valence-corrected chi connectivity index (χ3v) is 2.57. The largest absolute Gasteiger partial charge is 0.304 e. The number of carbonyl (C=O) groups is 1. The van der Waals surface area contributed by atoms with E-state index in [-0.39, 0.29) is 5.41 Å². The summed E-state index contributed by atoms with van der Waals surface area (Å²) < 4.78 is 0. The van der Waals surface area contributed by atoms with Crippen LogP contribution in [0.4, 0.5) is 0 Å². The van der Waals surface area contributed by atoms with Crippen LogP contribution in [0.15, 0.2) is 0 Å². The standard InChI is InChI=1S/C7H11NO/c1-8-4-7(5-8)3-2-6(7)9/h2-5H2,1H3. The lowest BCUT2D eigenvalue weighted by Gasteiger charge is -2.52. The zero-order valence-electron chi connectivity index (χ0n) is 5.68. The number of Topliss-reactive ketones (excluding diaryl/α,β-unsaturated/α-hetero) is 1. The monoisotopic (exact) mass is 125 g/mol. The molecule has 1 saturated carbocycles. The summed E-state index contributed by atoms with van der Waals surface area (Å²) in [6.45, 7) is 2.04. The maximum absolute atomic E-state index is 11.0. The van der Waals surface area contributed by atoms with Crippen LogP contribution in [0, 0.1) is 5.41 Å². The Morgan fingerprint density at radius 1 is 1.56 bits per heavy atom. The number of nitrogens with zero attached hydrogens (tertiary/aromatic N) is 1. The Hall–Kier alpha value is -0.370.